The molecule has 0 radical (unpaired) electrons. The second-order valence-electron chi connectivity index (χ2n) is 4.77. The first-order chi connectivity index (χ1) is 10.3. The molecule has 0 aliphatic rings. The molecule has 106 valence electrons. The Kier molecular flexibility index (Phi) is 3.96. The molecule has 4 heteroatoms. The van der Waals surface area contributed by atoms with Gasteiger partial charge in [-0.1, -0.05) is 42.5 Å². The predicted octanol–water partition coefficient (Wildman–Crippen LogP) is 3.43. The highest BCUT2D eigenvalue weighted by atomic mass is 16.5. The number of rotatable bonds is 5. The third kappa shape index (κ3) is 3.11. The van der Waals surface area contributed by atoms with Crippen molar-refractivity contribution < 1.29 is 4.74 Å². The number of aromatic nitrogens is 2. The largest absolute Gasteiger partial charge is 0.492 e. The van der Waals surface area contributed by atoms with Crippen molar-refractivity contribution in [3.05, 3.63) is 60.3 Å². The molecule has 0 saturated heterocycles. The molecular weight excluding hydrogens is 262 g/mol. The van der Waals surface area contributed by atoms with Crippen LogP contribution >= 0.6 is 0 Å². The van der Waals surface area contributed by atoms with Gasteiger partial charge in [-0.15, -0.1) is 5.10 Å². The molecule has 0 fully saturated rings. The molecule has 0 amide bonds. The number of anilines is 1. The normalized spacial score (nSPS) is 10.5. The van der Waals surface area contributed by atoms with Gasteiger partial charge in [0.25, 0.3) is 0 Å². The van der Waals surface area contributed by atoms with Gasteiger partial charge in [-0.3, -0.25) is 0 Å². The van der Waals surface area contributed by atoms with Crippen LogP contribution < -0.4 is 10.1 Å². The summed E-state index contributed by atoms with van der Waals surface area (Å²) in [5, 5.41) is 13.9. The summed E-state index contributed by atoms with van der Waals surface area (Å²) in [5.41, 5.74) is 0.941. The predicted molar refractivity (Wildman–Crippen MR) is 84.7 cm³/mol. The molecule has 0 bridgehead atoms. The van der Waals surface area contributed by atoms with E-state index in [1.165, 1.54) is 0 Å². The van der Waals surface area contributed by atoms with Gasteiger partial charge in [0.1, 0.15) is 12.4 Å². The number of para-hydroxylation sites is 1. The Morgan fingerprint density at radius 3 is 2.43 bits per heavy atom. The lowest BCUT2D eigenvalue weighted by atomic mass is 10.1. The molecule has 2 aromatic carbocycles. The maximum absolute atomic E-state index is 5.65. The van der Waals surface area contributed by atoms with E-state index in [2.05, 4.69) is 27.6 Å². The lowest BCUT2D eigenvalue weighted by Crippen LogP contribution is -2.13. The SMILES string of the molecule is Cc1nnc(NCCOc2ccccc2)c2ccccc12. The third-order valence-electron chi connectivity index (χ3n) is 3.28. The van der Waals surface area contributed by atoms with Crippen molar-refractivity contribution in [3.8, 4) is 5.75 Å². The van der Waals surface area contributed by atoms with Gasteiger partial charge in [-0.2, -0.15) is 5.10 Å². The van der Waals surface area contributed by atoms with Crippen LogP contribution in [0.25, 0.3) is 10.8 Å². The van der Waals surface area contributed by atoms with E-state index < -0.39 is 0 Å². The van der Waals surface area contributed by atoms with Crippen molar-refractivity contribution in [2.45, 2.75) is 6.92 Å². The number of nitrogens with one attached hydrogen (secondary N) is 1. The molecule has 1 aromatic heterocycles. The minimum absolute atomic E-state index is 0.577. The summed E-state index contributed by atoms with van der Waals surface area (Å²) in [4.78, 5) is 0. The fraction of sp³-hybridized carbons (Fsp3) is 0.176. The quantitative estimate of drug-likeness (QED) is 0.727. The summed E-state index contributed by atoms with van der Waals surface area (Å²) in [6.07, 6.45) is 0. The van der Waals surface area contributed by atoms with Crippen LogP contribution in [-0.4, -0.2) is 23.3 Å². The smallest absolute Gasteiger partial charge is 0.156 e. The lowest BCUT2D eigenvalue weighted by Gasteiger charge is -2.10. The second kappa shape index (κ2) is 6.22. The highest BCUT2D eigenvalue weighted by molar-refractivity contribution is 5.92. The molecule has 0 spiro atoms. The number of nitrogens with zero attached hydrogens (tertiary/aromatic N) is 2. The van der Waals surface area contributed by atoms with Crippen LogP contribution in [0.4, 0.5) is 5.82 Å². The van der Waals surface area contributed by atoms with E-state index in [4.69, 9.17) is 4.74 Å². The Labute approximate surface area is 123 Å². The average molecular weight is 279 g/mol. The zero-order chi connectivity index (χ0) is 14.5. The number of hydrogen-bond donors (Lipinski definition) is 1. The van der Waals surface area contributed by atoms with Gasteiger partial charge in [0.15, 0.2) is 5.82 Å². The van der Waals surface area contributed by atoms with Crippen LogP contribution in [-0.2, 0) is 0 Å². The van der Waals surface area contributed by atoms with E-state index in [0.29, 0.717) is 13.2 Å². The van der Waals surface area contributed by atoms with Crippen molar-refractivity contribution in [1.29, 1.82) is 0 Å². The van der Waals surface area contributed by atoms with E-state index >= 15 is 0 Å². The van der Waals surface area contributed by atoms with Crippen molar-refractivity contribution in [2.75, 3.05) is 18.5 Å². The lowest BCUT2D eigenvalue weighted by molar-refractivity contribution is 0.333. The molecule has 0 atom stereocenters. The third-order valence-corrected chi connectivity index (χ3v) is 3.28. The topological polar surface area (TPSA) is 47.0 Å². The summed E-state index contributed by atoms with van der Waals surface area (Å²) >= 11 is 0. The molecule has 3 aromatic rings. The summed E-state index contributed by atoms with van der Waals surface area (Å²) in [5.74, 6) is 1.67. The number of fused-ring (bicyclic) bond motifs is 1. The van der Waals surface area contributed by atoms with Crippen LogP contribution in [0, 0.1) is 6.92 Å². The molecule has 0 aliphatic carbocycles. The Bertz CT molecular complexity index is 728. The van der Waals surface area contributed by atoms with Crippen LogP contribution in [0.2, 0.25) is 0 Å². The van der Waals surface area contributed by atoms with Crippen LogP contribution in [0.3, 0.4) is 0 Å². The van der Waals surface area contributed by atoms with Crippen molar-refractivity contribution >= 4 is 16.6 Å². The number of aryl methyl sites for hydroxylation is 1. The molecule has 4 nitrogen and oxygen atoms in total. The monoisotopic (exact) mass is 279 g/mol. The number of hydrogen-bond acceptors (Lipinski definition) is 4. The molecule has 0 aliphatic heterocycles. The van der Waals surface area contributed by atoms with E-state index in [9.17, 15) is 0 Å². The fourth-order valence-corrected chi connectivity index (χ4v) is 2.22. The van der Waals surface area contributed by atoms with Crippen LogP contribution in [0.5, 0.6) is 5.75 Å². The fourth-order valence-electron chi connectivity index (χ4n) is 2.22. The summed E-state index contributed by atoms with van der Waals surface area (Å²) in [6, 6.07) is 17.9. The van der Waals surface area contributed by atoms with Gasteiger partial charge in [0, 0.05) is 10.8 Å². The number of benzene rings is 2. The van der Waals surface area contributed by atoms with E-state index in [-0.39, 0.29) is 0 Å². The Morgan fingerprint density at radius 2 is 1.62 bits per heavy atom. The summed E-state index contributed by atoms with van der Waals surface area (Å²) < 4.78 is 5.65. The van der Waals surface area contributed by atoms with Gasteiger partial charge >= 0.3 is 0 Å². The summed E-state index contributed by atoms with van der Waals surface area (Å²) in [6.45, 7) is 3.22. The molecule has 0 saturated carbocycles. The molecular formula is C17H17N3O. The molecule has 0 unspecified atom stereocenters. The maximum Gasteiger partial charge on any atom is 0.156 e. The Balaban J connectivity index is 1.65. The summed E-state index contributed by atoms with van der Waals surface area (Å²) in [7, 11) is 0. The Morgan fingerprint density at radius 1 is 0.905 bits per heavy atom. The highest BCUT2D eigenvalue weighted by Crippen LogP contribution is 2.21. The first-order valence-corrected chi connectivity index (χ1v) is 6.98. The van der Waals surface area contributed by atoms with E-state index in [1.807, 2.05) is 49.4 Å². The number of ether oxygens (including phenoxy) is 1. The van der Waals surface area contributed by atoms with Crippen molar-refractivity contribution in [1.82, 2.24) is 10.2 Å². The first-order valence-electron chi connectivity index (χ1n) is 6.98. The van der Waals surface area contributed by atoms with Crippen LogP contribution in [0.1, 0.15) is 5.69 Å². The maximum atomic E-state index is 5.65. The zero-order valence-corrected chi connectivity index (χ0v) is 11.9. The minimum atomic E-state index is 0.577. The minimum Gasteiger partial charge on any atom is -0.492 e. The van der Waals surface area contributed by atoms with E-state index in [0.717, 1.165) is 28.0 Å². The molecule has 1 N–H and O–H groups in total. The molecule has 21 heavy (non-hydrogen) atoms. The Hall–Kier alpha value is -2.62. The second-order valence-corrected chi connectivity index (χ2v) is 4.77. The van der Waals surface area contributed by atoms with Crippen molar-refractivity contribution in [3.63, 3.8) is 0 Å². The van der Waals surface area contributed by atoms with Gasteiger partial charge in [0.05, 0.1) is 12.2 Å². The van der Waals surface area contributed by atoms with Gasteiger partial charge in [-0.25, -0.2) is 0 Å². The van der Waals surface area contributed by atoms with Gasteiger partial charge in [0.2, 0.25) is 0 Å². The highest BCUT2D eigenvalue weighted by Gasteiger charge is 2.05. The standard InChI is InChI=1S/C17H17N3O/c1-13-15-9-5-6-10-16(15)17(20-19-13)18-11-12-21-14-7-3-2-4-8-14/h2-10H,11-12H2,1H3,(H,18,20). The first kappa shape index (κ1) is 13.4. The van der Waals surface area contributed by atoms with Gasteiger partial charge < -0.3 is 10.1 Å². The molecule has 3 rings (SSSR count). The van der Waals surface area contributed by atoms with E-state index in [1.54, 1.807) is 0 Å². The average Bonchev–Trinajstić information content (AvgIpc) is 2.55. The van der Waals surface area contributed by atoms with Gasteiger partial charge in [-0.05, 0) is 19.1 Å². The zero-order valence-electron chi connectivity index (χ0n) is 11.9. The molecule has 1 heterocycles. The van der Waals surface area contributed by atoms with Crippen LogP contribution in [0.15, 0.2) is 54.6 Å². The van der Waals surface area contributed by atoms with Crippen molar-refractivity contribution in [2.24, 2.45) is 0 Å².